The van der Waals surface area contributed by atoms with E-state index in [1.807, 2.05) is 0 Å². The molecule has 0 bridgehead atoms. The second-order valence-electron chi connectivity index (χ2n) is 2.70. The number of nitrogens with zero attached hydrogens (tertiary/aromatic N) is 1. The van der Waals surface area contributed by atoms with Crippen LogP contribution in [0, 0.1) is 0 Å². The van der Waals surface area contributed by atoms with Crippen molar-refractivity contribution in [2.45, 2.75) is 5.92 Å². The van der Waals surface area contributed by atoms with E-state index < -0.39 is 17.8 Å². The maximum Gasteiger partial charge on any atom is 0.322 e. The third-order valence-electron chi connectivity index (χ3n) is 1.88. The van der Waals surface area contributed by atoms with Gasteiger partial charge in [0.15, 0.2) is 5.92 Å². The van der Waals surface area contributed by atoms with E-state index in [1.54, 1.807) is 12.1 Å². The number of aliphatic carboxylic acids is 1. The van der Waals surface area contributed by atoms with E-state index in [-0.39, 0.29) is 0 Å². The Balaban J connectivity index is 2.52. The van der Waals surface area contributed by atoms with Crippen LogP contribution in [-0.2, 0) is 9.59 Å². The molecule has 0 saturated heterocycles. The van der Waals surface area contributed by atoms with Crippen LogP contribution in [0.4, 0.5) is 5.69 Å². The fourth-order valence-electron chi connectivity index (χ4n) is 1.31. The first kappa shape index (κ1) is 7.72. The number of aromatic nitrogens is 1. The van der Waals surface area contributed by atoms with Crippen molar-refractivity contribution in [3.63, 3.8) is 0 Å². The number of pyridine rings is 1. The predicted molar refractivity (Wildman–Crippen MR) is 43.2 cm³/mol. The van der Waals surface area contributed by atoms with Crippen LogP contribution in [-0.4, -0.2) is 22.0 Å². The quantitative estimate of drug-likeness (QED) is 0.602. The first-order valence-corrected chi connectivity index (χ1v) is 3.69. The number of rotatable bonds is 1. The molecular formula is C8H6N2O3. The molecule has 1 aromatic rings. The second-order valence-corrected chi connectivity index (χ2v) is 2.70. The highest BCUT2D eigenvalue weighted by Gasteiger charge is 2.37. The summed E-state index contributed by atoms with van der Waals surface area (Å²) in [5.41, 5.74) is 0.778. The first-order valence-electron chi connectivity index (χ1n) is 3.69. The number of nitrogens with one attached hydrogen (secondary N) is 1. The summed E-state index contributed by atoms with van der Waals surface area (Å²) in [4.78, 5) is 25.7. The molecular weight excluding hydrogens is 172 g/mol. The van der Waals surface area contributed by atoms with Gasteiger partial charge in [-0.15, -0.1) is 0 Å². The Morgan fingerprint density at radius 3 is 3.08 bits per heavy atom. The maximum atomic E-state index is 11.1. The van der Waals surface area contributed by atoms with Crippen LogP contribution in [0.15, 0.2) is 18.3 Å². The minimum atomic E-state index is -1.17. The molecule has 1 aliphatic rings. The number of amides is 1. The molecule has 1 unspecified atom stereocenters. The summed E-state index contributed by atoms with van der Waals surface area (Å²) >= 11 is 0. The zero-order valence-corrected chi connectivity index (χ0v) is 6.52. The lowest BCUT2D eigenvalue weighted by Crippen LogP contribution is -2.20. The van der Waals surface area contributed by atoms with Gasteiger partial charge in [-0.05, 0) is 12.1 Å². The van der Waals surface area contributed by atoms with Gasteiger partial charge < -0.3 is 10.4 Å². The lowest BCUT2D eigenvalue weighted by atomic mass is 10.1. The van der Waals surface area contributed by atoms with Gasteiger partial charge in [0.25, 0.3) is 0 Å². The largest absolute Gasteiger partial charge is 0.480 e. The highest BCUT2D eigenvalue weighted by Crippen LogP contribution is 2.29. The normalized spacial score (nSPS) is 19.4. The molecule has 66 valence electrons. The van der Waals surface area contributed by atoms with Gasteiger partial charge in [0.2, 0.25) is 5.91 Å². The summed E-state index contributed by atoms with van der Waals surface area (Å²) in [5.74, 6) is -2.85. The van der Waals surface area contributed by atoms with E-state index in [0.29, 0.717) is 11.4 Å². The van der Waals surface area contributed by atoms with Gasteiger partial charge in [-0.25, -0.2) is 0 Å². The minimum Gasteiger partial charge on any atom is -0.480 e. The topological polar surface area (TPSA) is 79.3 Å². The van der Waals surface area contributed by atoms with Gasteiger partial charge in [-0.3, -0.25) is 14.6 Å². The molecule has 2 N–H and O–H groups in total. The summed E-state index contributed by atoms with van der Waals surface area (Å²) < 4.78 is 0. The SMILES string of the molecule is O=C(O)C1C(=O)Nc2cccnc21. The van der Waals surface area contributed by atoms with Crippen molar-refractivity contribution >= 4 is 17.6 Å². The molecule has 0 saturated carbocycles. The highest BCUT2D eigenvalue weighted by molar-refractivity contribution is 6.13. The lowest BCUT2D eigenvalue weighted by molar-refractivity contribution is -0.141. The Morgan fingerprint density at radius 2 is 2.38 bits per heavy atom. The van der Waals surface area contributed by atoms with E-state index >= 15 is 0 Å². The van der Waals surface area contributed by atoms with Crippen molar-refractivity contribution in [1.29, 1.82) is 0 Å². The zero-order valence-electron chi connectivity index (χ0n) is 6.52. The van der Waals surface area contributed by atoms with Crippen LogP contribution >= 0.6 is 0 Å². The number of carbonyl (C=O) groups is 2. The summed E-state index contributed by atoms with van der Waals surface area (Å²) in [6, 6.07) is 3.27. The summed E-state index contributed by atoms with van der Waals surface area (Å²) in [5, 5.41) is 11.2. The summed E-state index contributed by atoms with van der Waals surface area (Å²) in [6.45, 7) is 0. The number of carbonyl (C=O) groups excluding carboxylic acids is 1. The van der Waals surface area contributed by atoms with Gasteiger partial charge >= 0.3 is 5.97 Å². The maximum absolute atomic E-state index is 11.1. The van der Waals surface area contributed by atoms with Crippen molar-refractivity contribution < 1.29 is 14.7 Å². The average Bonchev–Trinajstić information content (AvgIpc) is 2.39. The monoisotopic (exact) mass is 178 g/mol. The Hall–Kier alpha value is -1.91. The molecule has 1 aliphatic heterocycles. The van der Waals surface area contributed by atoms with Crippen LogP contribution in [0.5, 0.6) is 0 Å². The Morgan fingerprint density at radius 1 is 1.62 bits per heavy atom. The molecule has 0 aliphatic carbocycles. The fraction of sp³-hybridized carbons (Fsp3) is 0.125. The number of anilines is 1. The molecule has 2 heterocycles. The average molecular weight is 178 g/mol. The molecule has 0 radical (unpaired) electrons. The van der Waals surface area contributed by atoms with Crippen LogP contribution in [0.3, 0.4) is 0 Å². The van der Waals surface area contributed by atoms with Crippen LogP contribution < -0.4 is 5.32 Å². The molecule has 0 aromatic carbocycles. The van der Waals surface area contributed by atoms with E-state index in [4.69, 9.17) is 5.11 Å². The van der Waals surface area contributed by atoms with Crippen molar-refractivity contribution in [2.24, 2.45) is 0 Å². The number of hydrogen-bond acceptors (Lipinski definition) is 3. The number of hydrogen-bond donors (Lipinski definition) is 2. The molecule has 1 aromatic heterocycles. The minimum absolute atomic E-state index is 0.292. The first-order chi connectivity index (χ1) is 6.20. The lowest BCUT2D eigenvalue weighted by Gasteiger charge is -1.99. The summed E-state index contributed by atoms with van der Waals surface area (Å²) in [6.07, 6.45) is 1.47. The van der Waals surface area contributed by atoms with E-state index in [1.165, 1.54) is 6.20 Å². The number of fused-ring (bicyclic) bond motifs is 1. The molecule has 5 nitrogen and oxygen atoms in total. The fourth-order valence-corrected chi connectivity index (χ4v) is 1.31. The highest BCUT2D eigenvalue weighted by atomic mass is 16.4. The van der Waals surface area contributed by atoms with Crippen molar-refractivity contribution in [3.05, 3.63) is 24.0 Å². The third kappa shape index (κ3) is 1.05. The van der Waals surface area contributed by atoms with E-state index in [9.17, 15) is 9.59 Å². The van der Waals surface area contributed by atoms with Gasteiger partial charge in [0.05, 0.1) is 11.4 Å². The molecule has 0 spiro atoms. The molecule has 0 fully saturated rings. The Bertz CT molecular complexity index is 389. The standard InChI is InChI=1S/C8H6N2O3/c11-7-5(8(12)13)6-4(10-7)2-1-3-9-6/h1-3,5H,(H,10,11)(H,12,13). The molecule has 2 rings (SSSR count). The van der Waals surface area contributed by atoms with Crippen LogP contribution in [0.25, 0.3) is 0 Å². The van der Waals surface area contributed by atoms with Crippen molar-refractivity contribution in [1.82, 2.24) is 4.98 Å². The molecule has 5 heteroatoms. The molecule has 1 atom stereocenters. The van der Waals surface area contributed by atoms with Crippen molar-refractivity contribution in [3.8, 4) is 0 Å². The smallest absolute Gasteiger partial charge is 0.322 e. The Kier molecular flexibility index (Phi) is 1.51. The van der Waals surface area contributed by atoms with Crippen molar-refractivity contribution in [2.75, 3.05) is 5.32 Å². The number of carboxylic acid groups (broad SMARTS) is 1. The van der Waals surface area contributed by atoms with Gasteiger partial charge in [0.1, 0.15) is 0 Å². The molecule has 1 amide bonds. The van der Waals surface area contributed by atoms with Crippen LogP contribution in [0.1, 0.15) is 11.6 Å². The van der Waals surface area contributed by atoms with E-state index in [0.717, 1.165) is 0 Å². The summed E-state index contributed by atoms with van der Waals surface area (Å²) in [7, 11) is 0. The van der Waals surface area contributed by atoms with Crippen LogP contribution in [0.2, 0.25) is 0 Å². The third-order valence-corrected chi connectivity index (χ3v) is 1.88. The van der Waals surface area contributed by atoms with Gasteiger partial charge in [0, 0.05) is 6.20 Å². The van der Waals surface area contributed by atoms with E-state index in [2.05, 4.69) is 10.3 Å². The predicted octanol–water partition coefficient (Wildman–Crippen LogP) is 0.202. The van der Waals surface area contributed by atoms with Gasteiger partial charge in [-0.2, -0.15) is 0 Å². The van der Waals surface area contributed by atoms with Gasteiger partial charge in [-0.1, -0.05) is 0 Å². The number of carboxylic acids is 1. The Labute approximate surface area is 73.4 Å². The zero-order chi connectivity index (χ0) is 9.42. The molecule has 13 heavy (non-hydrogen) atoms. The second kappa shape index (κ2) is 2.55.